The molecular formula is C9H10N2O2. The van der Waals surface area contributed by atoms with Gasteiger partial charge in [0.2, 0.25) is 5.88 Å². The smallest absolute Gasteiger partial charge is 0.319 e. The lowest BCUT2D eigenvalue weighted by atomic mass is 10.4. The monoisotopic (exact) mass is 178 g/mol. The second-order valence-electron chi connectivity index (χ2n) is 2.33. The Morgan fingerprint density at radius 1 is 1.54 bits per heavy atom. The predicted molar refractivity (Wildman–Crippen MR) is 47.6 cm³/mol. The number of aryl methyl sites for hydroxylation is 1. The number of rotatable bonds is 3. The number of terminal acetylenes is 1. The van der Waals surface area contributed by atoms with E-state index in [-0.39, 0.29) is 12.6 Å². The first-order chi connectivity index (χ1) is 6.26. The first-order valence-electron chi connectivity index (χ1n) is 3.72. The maximum absolute atomic E-state index is 5.11. The zero-order valence-electron chi connectivity index (χ0n) is 7.57. The molecule has 0 amide bonds. The first-order valence-corrected chi connectivity index (χ1v) is 3.72. The van der Waals surface area contributed by atoms with Crippen molar-refractivity contribution >= 4 is 0 Å². The van der Waals surface area contributed by atoms with Crippen LogP contribution in [0.2, 0.25) is 0 Å². The molecule has 1 aromatic rings. The van der Waals surface area contributed by atoms with Gasteiger partial charge in [0.15, 0.2) is 6.61 Å². The molecule has 1 aromatic heterocycles. The number of nitrogens with zero attached hydrogens (tertiary/aromatic N) is 2. The molecule has 68 valence electrons. The van der Waals surface area contributed by atoms with E-state index in [9.17, 15) is 0 Å². The highest BCUT2D eigenvalue weighted by Gasteiger charge is 2.01. The van der Waals surface area contributed by atoms with Gasteiger partial charge in [0, 0.05) is 11.8 Å². The summed E-state index contributed by atoms with van der Waals surface area (Å²) >= 11 is 0. The summed E-state index contributed by atoms with van der Waals surface area (Å²) in [4.78, 5) is 7.93. The summed E-state index contributed by atoms with van der Waals surface area (Å²) in [6.07, 6.45) is 5.04. The Bertz CT molecular complexity index is 331. The van der Waals surface area contributed by atoms with Gasteiger partial charge in [-0.1, -0.05) is 5.92 Å². The van der Waals surface area contributed by atoms with Gasteiger partial charge >= 0.3 is 6.01 Å². The molecule has 0 saturated heterocycles. The standard InChI is InChI=1S/C9H10N2O2/c1-4-5-13-8-6-7(2)10-9(11-8)12-3/h1,6H,5H2,2-3H3. The van der Waals surface area contributed by atoms with E-state index in [0.717, 1.165) is 5.69 Å². The van der Waals surface area contributed by atoms with Crippen LogP contribution in [0.15, 0.2) is 6.07 Å². The van der Waals surface area contributed by atoms with Gasteiger partial charge in [-0.05, 0) is 6.92 Å². The number of methoxy groups -OCH3 is 1. The molecule has 0 aromatic carbocycles. The Balaban J connectivity index is 2.83. The molecule has 0 atom stereocenters. The molecule has 4 nitrogen and oxygen atoms in total. The summed E-state index contributed by atoms with van der Waals surface area (Å²) in [5, 5.41) is 0. The maximum atomic E-state index is 5.11. The lowest BCUT2D eigenvalue weighted by Gasteiger charge is -2.03. The molecule has 0 aliphatic heterocycles. The van der Waals surface area contributed by atoms with Crippen LogP contribution in [0.25, 0.3) is 0 Å². The average molecular weight is 178 g/mol. The molecule has 0 aliphatic carbocycles. The minimum absolute atomic E-state index is 0.194. The number of ether oxygens (including phenoxy) is 2. The molecule has 4 heteroatoms. The third kappa shape index (κ3) is 2.64. The van der Waals surface area contributed by atoms with Crippen LogP contribution >= 0.6 is 0 Å². The summed E-state index contributed by atoms with van der Waals surface area (Å²) in [5.41, 5.74) is 0.777. The molecule has 0 N–H and O–H groups in total. The zero-order chi connectivity index (χ0) is 9.68. The van der Waals surface area contributed by atoms with Crippen LogP contribution in [0, 0.1) is 19.3 Å². The maximum Gasteiger partial charge on any atom is 0.319 e. The van der Waals surface area contributed by atoms with Crippen molar-refractivity contribution in [2.24, 2.45) is 0 Å². The van der Waals surface area contributed by atoms with Crippen molar-refractivity contribution in [3.63, 3.8) is 0 Å². The van der Waals surface area contributed by atoms with Crippen molar-refractivity contribution in [1.29, 1.82) is 0 Å². The minimum atomic E-state index is 0.194. The predicted octanol–water partition coefficient (Wildman–Crippen LogP) is 0.806. The Labute approximate surface area is 76.9 Å². The fourth-order valence-corrected chi connectivity index (χ4v) is 0.794. The third-order valence-electron chi connectivity index (χ3n) is 1.30. The summed E-state index contributed by atoms with van der Waals surface area (Å²) < 4.78 is 9.97. The Kier molecular flexibility index (Phi) is 3.09. The fourth-order valence-electron chi connectivity index (χ4n) is 0.794. The van der Waals surface area contributed by atoms with Crippen LogP contribution in [0.5, 0.6) is 11.9 Å². The Hall–Kier alpha value is -1.76. The Morgan fingerprint density at radius 2 is 2.31 bits per heavy atom. The lowest BCUT2D eigenvalue weighted by molar-refractivity contribution is 0.330. The van der Waals surface area contributed by atoms with Crippen LogP contribution in [0.1, 0.15) is 5.69 Å². The number of aromatic nitrogens is 2. The molecule has 13 heavy (non-hydrogen) atoms. The van der Waals surface area contributed by atoms with Crippen molar-refractivity contribution in [3.05, 3.63) is 11.8 Å². The fraction of sp³-hybridized carbons (Fsp3) is 0.333. The van der Waals surface area contributed by atoms with Gasteiger partial charge in [-0.3, -0.25) is 0 Å². The van der Waals surface area contributed by atoms with Crippen LogP contribution in [0.4, 0.5) is 0 Å². The van der Waals surface area contributed by atoms with Crippen molar-refractivity contribution < 1.29 is 9.47 Å². The summed E-state index contributed by atoms with van der Waals surface area (Å²) in [7, 11) is 1.50. The highest BCUT2D eigenvalue weighted by molar-refractivity contribution is 5.17. The molecule has 0 saturated carbocycles. The zero-order valence-corrected chi connectivity index (χ0v) is 7.57. The van der Waals surface area contributed by atoms with E-state index in [4.69, 9.17) is 15.9 Å². The van der Waals surface area contributed by atoms with Gasteiger partial charge in [0.1, 0.15) is 0 Å². The Morgan fingerprint density at radius 3 is 2.92 bits per heavy atom. The van der Waals surface area contributed by atoms with E-state index in [1.165, 1.54) is 7.11 Å². The normalized spacial score (nSPS) is 9.00. The minimum Gasteiger partial charge on any atom is -0.467 e. The second-order valence-corrected chi connectivity index (χ2v) is 2.33. The van der Waals surface area contributed by atoms with E-state index in [0.29, 0.717) is 5.88 Å². The van der Waals surface area contributed by atoms with E-state index in [1.807, 2.05) is 6.92 Å². The van der Waals surface area contributed by atoms with Gasteiger partial charge in [0.05, 0.1) is 7.11 Å². The van der Waals surface area contributed by atoms with Crippen LogP contribution < -0.4 is 9.47 Å². The summed E-state index contributed by atoms with van der Waals surface area (Å²) in [6, 6.07) is 1.98. The quantitative estimate of drug-likeness (QED) is 0.642. The van der Waals surface area contributed by atoms with Gasteiger partial charge in [0.25, 0.3) is 0 Å². The molecule has 0 unspecified atom stereocenters. The first kappa shape index (κ1) is 9.33. The number of hydrogen-bond acceptors (Lipinski definition) is 4. The average Bonchev–Trinajstić information content (AvgIpc) is 2.14. The van der Waals surface area contributed by atoms with E-state index in [2.05, 4.69) is 15.9 Å². The lowest BCUT2D eigenvalue weighted by Crippen LogP contribution is -2.00. The molecule has 0 spiro atoms. The SMILES string of the molecule is C#CCOc1cc(C)nc(OC)n1. The van der Waals surface area contributed by atoms with Crippen LogP contribution in [-0.2, 0) is 0 Å². The van der Waals surface area contributed by atoms with Crippen molar-refractivity contribution in [2.75, 3.05) is 13.7 Å². The van der Waals surface area contributed by atoms with Crippen molar-refractivity contribution in [2.45, 2.75) is 6.92 Å². The van der Waals surface area contributed by atoms with Crippen LogP contribution in [-0.4, -0.2) is 23.7 Å². The topological polar surface area (TPSA) is 44.2 Å². The number of hydrogen-bond donors (Lipinski definition) is 0. The summed E-state index contributed by atoms with van der Waals surface area (Å²) in [5.74, 6) is 2.78. The molecule has 0 radical (unpaired) electrons. The molecule has 0 bridgehead atoms. The highest BCUT2D eigenvalue weighted by Crippen LogP contribution is 2.12. The van der Waals surface area contributed by atoms with Gasteiger partial charge in [-0.15, -0.1) is 6.42 Å². The summed E-state index contributed by atoms with van der Waals surface area (Å²) in [6.45, 7) is 2.02. The molecule has 1 heterocycles. The molecule has 1 rings (SSSR count). The second kappa shape index (κ2) is 4.31. The van der Waals surface area contributed by atoms with Gasteiger partial charge in [-0.25, -0.2) is 4.98 Å². The highest BCUT2D eigenvalue weighted by atomic mass is 16.5. The molecular weight excluding hydrogens is 168 g/mol. The van der Waals surface area contributed by atoms with Crippen LogP contribution in [0.3, 0.4) is 0 Å². The van der Waals surface area contributed by atoms with Gasteiger partial charge < -0.3 is 9.47 Å². The van der Waals surface area contributed by atoms with Crippen molar-refractivity contribution in [3.8, 4) is 24.2 Å². The van der Waals surface area contributed by atoms with E-state index in [1.54, 1.807) is 6.07 Å². The van der Waals surface area contributed by atoms with Crippen molar-refractivity contribution in [1.82, 2.24) is 9.97 Å². The molecule has 0 aliphatic rings. The largest absolute Gasteiger partial charge is 0.467 e. The van der Waals surface area contributed by atoms with Gasteiger partial charge in [-0.2, -0.15) is 4.98 Å². The van der Waals surface area contributed by atoms with E-state index >= 15 is 0 Å². The molecule has 0 fully saturated rings. The third-order valence-corrected chi connectivity index (χ3v) is 1.30. The van der Waals surface area contributed by atoms with E-state index < -0.39 is 0 Å².